The van der Waals surface area contributed by atoms with Crippen LogP contribution >= 0.6 is 0 Å². The van der Waals surface area contributed by atoms with Gasteiger partial charge in [0.25, 0.3) is 5.91 Å². The van der Waals surface area contributed by atoms with E-state index < -0.39 is 12.1 Å². The zero-order valence-electron chi connectivity index (χ0n) is 15.3. The van der Waals surface area contributed by atoms with Crippen molar-refractivity contribution in [1.29, 1.82) is 0 Å². The van der Waals surface area contributed by atoms with Crippen LogP contribution in [0.3, 0.4) is 0 Å². The van der Waals surface area contributed by atoms with Gasteiger partial charge in [0.05, 0.1) is 5.56 Å². The van der Waals surface area contributed by atoms with E-state index in [1.54, 1.807) is 6.92 Å². The van der Waals surface area contributed by atoms with Gasteiger partial charge in [0, 0.05) is 13.1 Å². The molecule has 1 heterocycles. The second kappa shape index (κ2) is 7.10. The predicted octanol–water partition coefficient (Wildman–Crippen LogP) is 3.89. The van der Waals surface area contributed by atoms with Crippen LogP contribution in [0.1, 0.15) is 54.1 Å². The molecule has 2 aromatic rings. The molecule has 0 radical (unpaired) electrons. The van der Waals surface area contributed by atoms with E-state index in [-0.39, 0.29) is 5.91 Å². The number of esters is 1. The summed E-state index contributed by atoms with van der Waals surface area (Å²) in [5.41, 5.74) is 3.14. The molecule has 0 saturated carbocycles. The molecular formula is C22H25NO3. The van der Waals surface area contributed by atoms with Crippen LogP contribution in [-0.4, -0.2) is 36.0 Å². The third-order valence-corrected chi connectivity index (χ3v) is 5.65. The highest BCUT2D eigenvalue weighted by Crippen LogP contribution is 2.33. The molecule has 0 unspecified atom stereocenters. The van der Waals surface area contributed by atoms with Gasteiger partial charge in [-0.25, -0.2) is 4.79 Å². The number of likely N-dealkylation sites (tertiary alicyclic amines) is 1. The summed E-state index contributed by atoms with van der Waals surface area (Å²) in [5, 5.41) is 2.13. The fourth-order valence-electron chi connectivity index (χ4n) is 4.25. The van der Waals surface area contributed by atoms with Crippen LogP contribution in [0.15, 0.2) is 30.3 Å². The van der Waals surface area contributed by atoms with Crippen molar-refractivity contribution in [1.82, 2.24) is 4.90 Å². The van der Waals surface area contributed by atoms with Gasteiger partial charge in [-0.05, 0) is 60.6 Å². The normalized spacial score (nSPS) is 17.8. The number of hydrogen-bond donors (Lipinski definition) is 0. The Labute approximate surface area is 154 Å². The SMILES string of the molecule is C[C@@H](OC(=O)c1ccc2c3c(cccc13)CC2)C(=O)N1CCCCCC1. The molecule has 0 N–H and O–H groups in total. The van der Waals surface area contributed by atoms with E-state index >= 15 is 0 Å². The zero-order valence-corrected chi connectivity index (χ0v) is 15.3. The van der Waals surface area contributed by atoms with Crippen molar-refractivity contribution in [2.45, 2.75) is 51.6 Å². The monoisotopic (exact) mass is 351 g/mol. The first kappa shape index (κ1) is 17.1. The minimum absolute atomic E-state index is 0.0776. The summed E-state index contributed by atoms with van der Waals surface area (Å²) in [5.74, 6) is -0.484. The molecule has 0 bridgehead atoms. The van der Waals surface area contributed by atoms with E-state index in [9.17, 15) is 9.59 Å². The number of rotatable bonds is 3. The van der Waals surface area contributed by atoms with Crippen molar-refractivity contribution in [3.63, 3.8) is 0 Å². The van der Waals surface area contributed by atoms with Gasteiger partial charge in [-0.1, -0.05) is 37.1 Å². The number of amides is 1. The Morgan fingerprint density at radius 3 is 2.38 bits per heavy atom. The van der Waals surface area contributed by atoms with Gasteiger partial charge < -0.3 is 9.64 Å². The van der Waals surface area contributed by atoms with E-state index in [0.29, 0.717) is 5.56 Å². The summed E-state index contributed by atoms with van der Waals surface area (Å²) in [6.45, 7) is 3.22. The minimum atomic E-state index is -0.747. The van der Waals surface area contributed by atoms with Crippen LogP contribution in [0.2, 0.25) is 0 Å². The molecule has 1 aliphatic heterocycles. The summed E-state index contributed by atoms with van der Waals surface area (Å²) in [6.07, 6.45) is 5.69. The smallest absolute Gasteiger partial charge is 0.339 e. The molecule has 26 heavy (non-hydrogen) atoms. The summed E-state index contributed by atoms with van der Waals surface area (Å²) < 4.78 is 5.57. The Morgan fingerprint density at radius 2 is 1.65 bits per heavy atom. The lowest BCUT2D eigenvalue weighted by Gasteiger charge is -2.24. The molecule has 1 fully saturated rings. The fourth-order valence-corrected chi connectivity index (χ4v) is 4.25. The lowest BCUT2D eigenvalue weighted by molar-refractivity contribution is -0.139. The number of ether oxygens (including phenoxy) is 1. The number of hydrogen-bond acceptors (Lipinski definition) is 3. The Balaban J connectivity index is 1.53. The largest absolute Gasteiger partial charge is 0.449 e. The molecule has 1 amide bonds. The van der Waals surface area contributed by atoms with Crippen LogP contribution in [0.25, 0.3) is 10.8 Å². The van der Waals surface area contributed by atoms with Crippen LogP contribution in [0, 0.1) is 0 Å². The quantitative estimate of drug-likeness (QED) is 0.788. The molecule has 2 aromatic carbocycles. The first-order valence-electron chi connectivity index (χ1n) is 9.68. The van der Waals surface area contributed by atoms with Gasteiger partial charge in [0.1, 0.15) is 0 Å². The predicted molar refractivity (Wildman–Crippen MR) is 101 cm³/mol. The van der Waals surface area contributed by atoms with Crippen LogP contribution < -0.4 is 0 Å². The standard InChI is InChI=1S/C22H25NO3/c1-15(21(24)23-13-4-2-3-5-14-23)26-22(25)19-12-11-17-10-9-16-7-6-8-18(19)20(16)17/h6-8,11-12,15H,2-5,9-10,13-14H2,1H3/t15-/m1/s1. The van der Waals surface area contributed by atoms with Gasteiger partial charge in [-0.3, -0.25) is 4.79 Å². The lowest BCUT2D eigenvalue weighted by Crippen LogP contribution is -2.40. The van der Waals surface area contributed by atoms with Crippen LogP contribution in [0.4, 0.5) is 0 Å². The van der Waals surface area contributed by atoms with Gasteiger partial charge in [-0.15, -0.1) is 0 Å². The molecule has 136 valence electrons. The van der Waals surface area contributed by atoms with Crippen molar-refractivity contribution in [2.75, 3.05) is 13.1 Å². The first-order valence-corrected chi connectivity index (χ1v) is 9.68. The van der Waals surface area contributed by atoms with E-state index in [0.717, 1.165) is 44.2 Å². The second-order valence-corrected chi connectivity index (χ2v) is 7.40. The van der Waals surface area contributed by atoms with E-state index in [4.69, 9.17) is 4.74 Å². The Bertz CT molecular complexity index is 840. The highest BCUT2D eigenvalue weighted by Gasteiger charge is 2.26. The topological polar surface area (TPSA) is 46.6 Å². The molecular weight excluding hydrogens is 326 g/mol. The van der Waals surface area contributed by atoms with E-state index in [1.807, 2.05) is 29.2 Å². The second-order valence-electron chi connectivity index (χ2n) is 7.40. The van der Waals surface area contributed by atoms with Gasteiger partial charge >= 0.3 is 5.97 Å². The molecule has 4 heteroatoms. The van der Waals surface area contributed by atoms with E-state index in [1.165, 1.54) is 29.4 Å². The van der Waals surface area contributed by atoms with Gasteiger partial charge in [0.2, 0.25) is 0 Å². The maximum absolute atomic E-state index is 12.8. The van der Waals surface area contributed by atoms with Crippen molar-refractivity contribution >= 4 is 22.6 Å². The lowest BCUT2D eigenvalue weighted by atomic mass is 10.00. The Morgan fingerprint density at radius 1 is 0.962 bits per heavy atom. The molecule has 1 saturated heterocycles. The molecule has 1 atom stereocenters. The van der Waals surface area contributed by atoms with Crippen molar-refractivity contribution < 1.29 is 14.3 Å². The molecule has 2 aliphatic rings. The van der Waals surface area contributed by atoms with Crippen LogP contribution in [-0.2, 0) is 22.4 Å². The first-order chi connectivity index (χ1) is 12.6. The zero-order chi connectivity index (χ0) is 18.1. The molecule has 4 nitrogen and oxygen atoms in total. The number of carbonyl (C=O) groups excluding carboxylic acids is 2. The van der Waals surface area contributed by atoms with Crippen molar-refractivity contribution in [2.24, 2.45) is 0 Å². The van der Waals surface area contributed by atoms with Crippen molar-refractivity contribution in [3.8, 4) is 0 Å². The highest BCUT2D eigenvalue weighted by atomic mass is 16.5. The molecule has 1 aliphatic carbocycles. The third kappa shape index (κ3) is 3.09. The summed E-state index contributed by atoms with van der Waals surface area (Å²) >= 11 is 0. The summed E-state index contributed by atoms with van der Waals surface area (Å²) in [4.78, 5) is 27.3. The Kier molecular flexibility index (Phi) is 4.66. The van der Waals surface area contributed by atoms with Gasteiger partial charge in [-0.2, -0.15) is 0 Å². The van der Waals surface area contributed by atoms with Crippen LogP contribution in [0.5, 0.6) is 0 Å². The number of carbonyl (C=O) groups is 2. The van der Waals surface area contributed by atoms with E-state index in [2.05, 4.69) is 6.07 Å². The minimum Gasteiger partial charge on any atom is -0.449 e. The highest BCUT2D eigenvalue weighted by molar-refractivity contribution is 6.07. The molecule has 0 spiro atoms. The molecule has 0 aromatic heterocycles. The summed E-state index contributed by atoms with van der Waals surface area (Å²) in [6, 6.07) is 9.97. The average molecular weight is 351 g/mol. The number of benzene rings is 2. The summed E-state index contributed by atoms with van der Waals surface area (Å²) in [7, 11) is 0. The maximum atomic E-state index is 12.8. The average Bonchev–Trinajstić information content (AvgIpc) is 2.89. The maximum Gasteiger partial charge on any atom is 0.339 e. The number of nitrogens with zero attached hydrogens (tertiary/aromatic N) is 1. The van der Waals surface area contributed by atoms with Gasteiger partial charge in [0.15, 0.2) is 6.10 Å². The fraction of sp³-hybridized carbons (Fsp3) is 0.455. The Hall–Kier alpha value is -2.36. The molecule has 4 rings (SSSR count). The van der Waals surface area contributed by atoms with Crippen molar-refractivity contribution in [3.05, 3.63) is 47.0 Å². The third-order valence-electron chi connectivity index (χ3n) is 5.65. The number of aryl methyl sites for hydroxylation is 2.